The monoisotopic (exact) mass is 1020 g/mol. The summed E-state index contributed by atoms with van der Waals surface area (Å²) in [7, 11) is -2.81. The number of primary sulfonamides is 1. The summed E-state index contributed by atoms with van der Waals surface area (Å²) in [6.45, 7) is 7.25. The summed E-state index contributed by atoms with van der Waals surface area (Å²) in [5.41, 5.74) is 1.32. The molecule has 0 aliphatic rings. The first-order valence-corrected chi connectivity index (χ1v) is 24.6. The second-order valence-corrected chi connectivity index (χ2v) is 18.4. The van der Waals surface area contributed by atoms with Crippen molar-refractivity contribution in [1.82, 2.24) is 14.8 Å². The number of carbonyl (C=O) groups excluding carboxylic acids is 3. The molecule has 69 heavy (non-hydrogen) atoms. The number of azo groups is 1. The van der Waals surface area contributed by atoms with Crippen LogP contribution < -0.4 is 25.2 Å². The predicted octanol–water partition coefficient (Wildman–Crippen LogP) is 12.2. The molecule has 4 aromatic carbocycles. The van der Waals surface area contributed by atoms with E-state index in [1.165, 1.54) is 99.8 Å². The molecule has 0 spiro atoms. The van der Waals surface area contributed by atoms with Gasteiger partial charge in [-0.15, -0.1) is 10.2 Å². The number of fused-ring (bicyclic) bond motifs is 1. The number of methoxy groups -OCH3 is 1. The van der Waals surface area contributed by atoms with Gasteiger partial charge in [-0.1, -0.05) is 112 Å². The normalized spacial score (nSPS) is 12.0. The molecule has 2 heterocycles. The number of amides is 2. The number of nitrogens with zero attached hydrogens (tertiary/aromatic N) is 6. The second kappa shape index (κ2) is 24.3. The van der Waals surface area contributed by atoms with Crippen molar-refractivity contribution in [2.24, 2.45) is 20.4 Å². The van der Waals surface area contributed by atoms with Gasteiger partial charge in [0.1, 0.15) is 21.8 Å². The Hall–Kier alpha value is -6.38. The molecular weight excluding hydrogens is 973 g/mol. The van der Waals surface area contributed by atoms with E-state index in [0.29, 0.717) is 11.1 Å². The maximum absolute atomic E-state index is 14.4. The zero-order valence-electron chi connectivity index (χ0n) is 38.0. The van der Waals surface area contributed by atoms with Crippen LogP contribution in [-0.4, -0.2) is 61.4 Å². The number of benzene rings is 4. The number of halogens is 3. The maximum Gasteiger partial charge on any atom is 0.338 e. The van der Waals surface area contributed by atoms with Gasteiger partial charge in [-0.05, 0) is 67.7 Å². The molecule has 0 saturated carbocycles. The number of nitrogens with one attached hydrogen (secondary N) is 2. The predicted molar refractivity (Wildman–Crippen MR) is 265 cm³/mol. The standard InChI is InChI=1S/C47H50Cl3N9O9S/c1-5-6-7-8-9-10-11-12-13-16-21-66-47(62)29-19-20-39(65-4)35(22-29)55-45(61)43(46-56-34-17-14-15-18-40(34)67-46)68-42-33(50)23-30(24-36(42)54-28(2)60)57-58-44-37(52-3)27-53-59(44)38-25-32(49)41(26-31(38)48)69(51,63)64/h14-15,17-20,22-27,43H,3,5-13,16,21H2,1-2,4H3,(H,54,60)(H,55,61)(H2,51,63,64). The van der Waals surface area contributed by atoms with E-state index in [1.54, 1.807) is 24.3 Å². The Kier molecular flexibility index (Phi) is 18.3. The van der Waals surface area contributed by atoms with Crippen molar-refractivity contribution in [3.05, 3.63) is 99.4 Å². The van der Waals surface area contributed by atoms with Gasteiger partial charge in [0.25, 0.3) is 12.0 Å². The molecular formula is C47H50Cl3N9O9S. The number of sulfonamides is 1. The highest BCUT2D eigenvalue weighted by atomic mass is 35.5. The molecule has 1 atom stereocenters. The van der Waals surface area contributed by atoms with Gasteiger partial charge in [-0.3, -0.25) is 14.6 Å². The van der Waals surface area contributed by atoms with Crippen molar-refractivity contribution in [2.45, 2.75) is 89.1 Å². The molecule has 2 amide bonds. The number of hydrogen-bond donors (Lipinski definition) is 3. The fourth-order valence-corrected chi connectivity index (χ4v) is 8.72. The van der Waals surface area contributed by atoms with Crippen molar-refractivity contribution >= 4 is 109 Å². The van der Waals surface area contributed by atoms with Gasteiger partial charge >= 0.3 is 5.97 Å². The first-order chi connectivity index (χ1) is 33.1. The van der Waals surface area contributed by atoms with Crippen LogP contribution in [0.2, 0.25) is 15.1 Å². The number of esters is 1. The molecule has 0 radical (unpaired) electrons. The van der Waals surface area contributed by atoms with Gasteiger partial charge in [0, 0.05) is 6.92 Å². The van der Waals surface area contributed by atoms with Gasteiger partial charge in [-0.2, -0.15) is 5.10 Å². The number of rotatable bonds is 24. The third kappa shape index (κ3) is 13.7. The number of para-hydroxylation sites is 2. The fraction of sp³-hybridized carbons (Fsp3) is 0.319. The number of aliphatic imine (C=N–C) groups is 1. The van der Waals surface area contributed by atoms with Crippen LogP contribution in [0.4, 0.5) is 28.6 Å². The van der Waals surface area contributed by atoms with Crippen LogP contribution in [0.5, 0.6) is 11.5 Å². The molecule has 0 aliphatic carbocycles. The quantitative estimate of drug-likeness (QED) is 0.0223. The van der Waals surface area contributed by atoms with E-state index in [-0.39, 0.29) is 78.9 Å². The van der Waals surface area contributed by atoms with Gasteiger partial charge in [0.05, 0.1) is 63.3 Å². The van der Waals surface area contributed by atoms with Gasteiger partial charge in [0.15, 0.2) is 11.3 Å². The smallest absolute Gasteiger partial charge is 0.338 e. The molecule has 2 aromatic heterocycles. The summed E-state index contributed by atoms with van der Waals surface area (Å²) in [5.74, 6) is -2.09. The number of oxazole rings is 1. The Labute approximate surface area is 413 Å². The van der Waals surface area contributed by atoms with Crippen molar-refractivity contribution in [2.75, 3.05) is 24.4 Å². The first-order valence-electron chi connectivity index (χ1n) is 21.9. The highest BCUT2D eigenvalue weighted by Crippen LogP contribution is 2.42. The number of aromatic nitrogens is 3. The van der Waals surface area contributed by atoms with Crippen LogP contribution in [0, 0.1) is 0 Å². The lowest BCUT2D eigenvalue weighted by Gasteiger charge is -2.20. The average molecular weight is 1020 g/mol. The molecule has 4 N–H and O–H groups in total. The Morgan fingerprint density at radius 1 is 0.870 bits per heavy atom. The summed E-state index contributed by atoms with van der Waals surface area (Å²) in [4.78, 5) is 48.3. The Morgan fingerprint density at radius 2 is 1.58 bits per heavy atom. The number of anilines is 2. The van der Waals surface area contributed by atoms with E-state index in [1.807, 2.05) is 0 Å². The van der Waals surface area contributed by atoms with E-state index in [4.69, 9.17) is 58.6 Å². The van der Waals surface area contributed by atoms with E-state index in [2.05, 4.69) is 49.6 Å². The molecule has 22 heteroatoms. The SMILES string of the molecule is C=Nc1cnn(-c2cc(Cl)c(S(N)(=O)=O)cc2Cl)c1N=Nc1cc(Cl)c(OC(C(=O)Nc2cc(C(=O)OCCCCCCCCCCCC)ccc2OC)c2nc3ccccc3o2)c(NC(C)=O)c1. The van der Waals surface area contributed by atoms with Crippen LogP contribution in [0.15, 0.2) is 97.5 Å². The lowest BCUT2D eigenvalue weighted by atomic mass is 10.1. The van der Waals surface area contributed by atoms with Crippen molar-refractivity contribution in [3.8, 4) is 17.2 Å². The Bertz CT molecular complexity index is 2950. The number of unbranched alkanes of at least 4 members (excludes halogenated alkanes) is 9. The van der Waals surface area contributed by atoms with E-state index >= 15 is 0 Å². The minimum absolute atomic E-state index is 0.0154. The topological polar surface area (TPSA) is 244 Å². The summed E-state index contributed by atoms with van der Waals surface area (Å²) in [5, 5.41) is 23.1. The number of ether oxygens (including phenoxy) is 3. The van der Waals surface area contributed by atoms with Crippen LogP contribution >= 0.6 is 34.8 Å². The second-order valence-electron chi connectivity index (χ2n) is 15.6. The van der Waals surface area contributed by atoms with Gasteiger partial charge in [0.2, 0.25) is 27.6 Å². The lowest BCUT2D eigenvalue weighted by molar-refractivity contribution is -0.123. The van der Waals surface area contributed by atoms with E-state index in [0.717, 1.165) is 31.7 Å². The molecule has 18 nitrogen and oxygen atoms in total. The molecule has 364 valence electrons. The molecule has 6 rings (SSSR count). The maximum atomic E-state index is 14.4. The summed E-state index contributed by atoms with van der Waals surface area (Å²) in [6, 6.07) is 16.3. The van der Waals surface area contributed by atoms with Crippen molar-refractivity contribution in [3.63, 3.8) is 0 Å². The van der Waals surface area contributed by atoms with Gasteiger partial charge in [-0.25, -0.2) is 28.0 Å². The van der Waals surface area contributed by atoms with E-state index in [9.17, 15) is 22.8 Å². The first kappa shape index (κ1) is 52.0. The minimum Gasteiger partial charge on any atom is -0.495 e. The Balaban J connectivity index is 1.26. The lowest BCUT2D eigenvalue weighted by Crippen LogP contribution is -2.27. The van der Waals surface area contributed by atoms with Crippen LogP contribution in [0.3, 0.4) is 0 Å². The summed E-state index contributed by atoms with van der Waals surface area (Å²) >= 11 is 19.6. The molecule has 0 bridgehead atoms. The largest absolute Gasteiger partial charge is 0.495 e. The molecule has 0 fully saturated rings. The number of nitrogens with two attached hydrogens (primary N) is 1. The zero-order chi connectivity index (χ0) is 49.7. The molecule has 6 aromatic rings. The number of carbonyl (C=O) groups is 3. The van der Waals surface area contributed by atoms with Crippen LogP contribution in [-0.2, 0) is 24.3 Å². The summed E-state index contributed by atoms with van der Waals surface area (Å²) < 4.78 is 48.8. The molecule has 0 saturated heterocycles. The van der Waals surface area contributed by atoms with Gasteiger partial charge < -0.3 is 29.3 Å². The Morgan fingerprint density at radius 3 is 2.25 bits per heavy atom. The van der Waals surface area contributed by atoms with E-state index < -0.39 is 38.8 Å². The highest BCUT2D eigenvalue weighted by molar-refractivity contribution is 7.89. The highest BCUT2D eigenvalue weighted by Gasteiger charge is 2.32. The molecule has 0 aliphatic heterocycles. The third-order valence-corrected chi connectivity index (χ3v) is 12.4. The molecule has 1 unspecified atom stereocenters. The van der Waals surface area contributed by atoms with Crippen molar-refractivity contribution < 1.29 is 41.4 Å². The van der Waals surface area contributed by atoms with Crippen molar-refractivity contribution in [1.29, 1.82) is 0 Å². The fourth-order valence-electron chi connectivity index (χ4n) is 7.06. The average Bonchev–Trinajstić information content (AvgIpc) is 3.94. The minimum atomic E-state index is -4.22. The number of hydrogen-bond acceptors (Lipinski definition) is 14. The zero-order valence-corrected chi connectivity index (χ0v) is 41.1. The third-order valence-electron chi connectivity index (χ3n) is 10.5. The van der Waals surface area contributed by atoms with Crippen LogP contribution in [0.25, 0.3) is 16.8 Å². The van der Waals surface area contributed by atoms with Crippen LogP contribution in [0.1, 0.15) is 100 Å². The summed E-state index contributed by atoms with van der Waals surface area (Å²) in [6.07, 6.45) is 11.0.